The Balaban J connectivity index is 1.41. The Bertz CT molecular complexity index is 1040. The van der Waals surface area contributed by atoms with Crippen LogP contribution in [0.5, 0.6) is 5.75 Å². The molecule has 2 heterocycles. The molecule has 1 unspecified atom stereocenters. The zero-order chi connectivity index (χ0) is 22.0. The molecule has 31 heavy (non-hydrogen) atoms. The fourth-order valence-electron chi connectivity index (χ4n) is 3.33. The highest BCUT2D eigenvalue weighted by atomic mass is 35.5. The summed E-state index contributed by atoms with van der Waals surface area (Å²) < 4.78 is 10.5. The largest absolute Gasteiger partial charge is 0.497 e. The van der Waals surface area contributed by atoms with Crippen molar-refractivity contribution >= 4 is 41.1 Å². The van der Waals surface area contributed by atoms with E-state index < -0.39 is 23.3 Å². The molecule has 2 atom stereocenters. The van der Waals surface area contributed by atoms with E-state index in [0.29, 0.717) is 17.1 Å². The maximum absolute atomic E-state index is 12.8. The summed E-state index contributed by atoms with van der Waals surface area (Å²) in [5.74, 6) is -0.365. The summed E-state index contributed by atoms with van der Waals surface area (Å²) in [6, 6.07) is 15.0. The van der Waals surface area contributed by atoms with E-state index in [1.807, 2.05) is 0 Å². The molecular formula is C22H19ClN2O5S. The monoisotopic (exact) mass is 458 g/mol. The Morgan fingerprint density at radius 2 is 1.87 bits per heavy atom. The quantitative estimate of drug-likeness (QED) is 0.529. The molecule has 9 heteroatoms. The van der Waals surface area contributed by atoms with E-state index in [1.54, 1.807) is 61.7 Å². The number of thioether (sulfide) groups is 1. The fraction of sp³-hybridized carbons (Fsp3) is 0.227. The highest BCUT2D eigenvalue weighted by Crippen LogP contribution is 2.41. The maximum Gasteiger partial charge on any atom is 0.356 e. The number of amides is 2. The first kappa shape index (κ1) is 21.3. The van der Waals surface area contributed by atoms with E-state index in [2.05, 4.69) is 5.32 Å². The van der Waals surface area contributed by atoms with Crippen molar-refractivity contribution in [2.24, 2.45) is 0 Å². The second kappa shape index (κ2) is 9.03. The van der Waals surface area contributed by atoms with Gasteiger partial charge in [-0.25, -0.2) is 4.79 Å². The molecule has 1 fully saturated rings. The van der Waals surface area contributed by atoms with Crippen LogP contribution in [0.15, 0.2) is 65.3 Å². The van der Waals surface area contributed by atoms with Crippen LogP contribution in [0.4, 0.5) is 0 Å². The number of nitrogens with zero attached hydrogens (tertiary/aromatic N) is 1. The van der Waals surface area contributed by atoms with Crippen LogP contribution >= 0.6 is 23.4 Å². The van der Waals surface area contributed by atoms with Gasteiger partial charge in [-0.05, 0) is 29.8 Å². The van der Waals surface area contributed by atoms with E-state index >= 15 is 0 Å². The molecule has 2 aliphatic rings. The zero-order valence-corrected chi connectivity index (χ0v) is 18.1. The molecule has 160 valence electrons. The van der Waals surface area contributed by atoms with Crippen LogP contribution in [-0.2, 0) is 20.9 Å². The molecule has 1 N–H and O–H groups in total. The summed E-state index contributed by atoms with van der Waals surface area (Å²) in [6.45, 7) is 0.0323. The number of nitrogens with one attached hydrogen (secondary N) is 1. The third-order valence-corrected chi connectivity index (χ3v) is 6.72. The molecule has 2 aromatic carbocycles. The molecule has 2 aromatic rings. The van der Waals surface area contributed by atoms with Gasteiger partial charge < -0.3 is 14.8 Å². The minimum Gasteiger partial charge on any atom is -0.497 e. The first-order chi connectivity index (χ1) is 15.0. The van der Waals surface area contributed by atoms with Crippen molar-refractivity contribution in [1.82, 2.24) is 10.2 Å². The predicted octanol–water partition coefficient (Wildman–Crippen LogP) is 2.90. The Kier molecular flexibility index (Phi) is 6.20. The number of hydrogen-bond acceptors (Lipinski definition) is 6. The van der Waals surface area contributed by atoms with Crippen LogP contribution in [-0.4, -0.2) is 47.0 Å². The van der Waals surface area contributed by atoms with E-state index in [0.717, 1.165) is 5.56 Å². The fourth-order valence-corrected chi connectivity index (χ4v) is 4.87. The van der Waals surface area contributed by atoms with Gasteiger partial charge in [-0.2, -0.15) is 0 Å². The van der Waals surface area contributed by atoms with Crippen molar-refractivity contribution in [2.45, 2.75) is 18.0 Å². The number of carbonyl (C=O) groups is 3. The molecular weight excluding hydrogens is 440 g/mol. The number of esters is 1. The van der Waals surface area contributed by atoms with E-state index in [-0.39, 0.29) is 23.2 Å². The van der Waals surface area contributed by atoms with Crippen molar-refractivity contribution in [3.63, 3.8) is 0 Å². The standard InChI is InChI=1S/C22H19ClN2O5S/c1-29-15-9-7-13(8-10-15)11-30-22(28)18-16(23)12-31-21-17(20(27)25(18)21)24-19(26)14-5-3-2-4-6-14/h2-10,17,21H,11-12H2,1H3,(H,24,26)/t17?,21-/m0/s1. The van der Waals surface area contributed by atoms with Gasteiger partial charge in [0.1, 0.15) is 29.5 Å². The Labute approximate surface area is 188 Å². The molecule has 7 nitrogen and oxygen atoms in total. The smallest absolute Gasteiger partial charge is 0.356 e. The van der Waals surface area contributed by atoms with Crippen molar-refractivity contribution in [3.8, 4) is 5.75 Å². The van der Waals surface area contributed by atoms with Gasteiger partial charge in [0, 0.05) is 11.3 Å². The van der Waals surface area contributed by atoms with Gasteiger partial charge in [0.25, 0.3) is 11.8 Å². The first-order valence-corrected chi connectivity index (χ1v) is 10.9. The molecule has 0 radical (unpaired) electrons. The Morgan fingerprint density at radius 3 is 2.55 bits per heavy atom. The first-order valence-electron chi connectivity index (χ1n) is 9.49. The molecule has 0 saturated carbocycles. The summed E-state index contributed by atoms with van der Waals surface area (Å²) in [5.41, 5.74) is 1.27. The summed E-state index contributed by atoms with van der Waals surface area (Å²) in [6.07, 6.45) is 0. The van der Waals surface area contributed by atoms with Crippen molar-refractivity contribution in [3.05, 3.63) is 76.5 Å². The van der Waals surface area contributed by atoms with Crippen molar-refractivity contribution < 1.29 is 23.9 Å². The maximum atomic E-state index is 12.8. The number of ether oxygens (including phenoxy) is 2. The van der Waals surface area contributed by atoms with Crippen LogP contribution in [0.25, 0.3) is 0 Å². The third-order valence-electron chi connectivity index (χ3n) is 4.97. The summed E-state index contributed by atoms with van der Waals surface area (Å²) in [7, 11) is 1.57. The van der Waals surface area contributed by atoms with E-state index in [4.69, 9.17) is 21.1 Å². The Hall–Kier alpha value is -2.97. The van der Waals surface area contributed by atoms with Crippen molar-refractivity contribution in [1.29, 1.82) is 0 Å². The second-order valence-electron chi connectivity index (χ2n) is 6.90. The number of rotatable bonds is 6. The van der Waals surface area contributed by atoms with Crippen LogP contribution in [0.2, 0.25) is 0 Å². The highest BCUT2D eigenvalue weighted by molar-refractivity contribution is 8.00. The lowest BCUT2D eigenvalue weighted by Gasteiger charge is -2.49. The van der Waals surface area contributed by atoms with Gasteiger partial charge in [0.15, 0.2) is 0 Å². The van der Waals surface area contributed by atoms with Crippen LogP contribution in [0.1, 0.15) is 15.9 Å². The summed E-state index contributed by atoms with van der Waals surface area (Å²) in [4.78, 5) is 39.2. The molecule has 4 rings (SSSR count). The topological polar surface area (TPSA) is 84.9 Å². The predicted molar refractivity (Wildman–Crippen MR) is 116 cm³/mol. The minimum atomic E-state index is -0.730. The molecule has 0 bridgehead atoms. The molecule has 0 aromatic heterocycles. The molecule has 0 spiro atoms. The minimum absolute atomic E-state index is 0.0323. The van der Waals surface area contributed by atoms with E-state index in [1.165, 1.54) is 16.7 Å². The third kappa shape index (κ3) is 4.26. The number of halogens is 1. The molecule has 1 saturated heterocycles. The number of benzene rings is 2. The van der Waals surface area contributed by atoms with Crippen molar-refractivity contribution in [2.75, 3.05) is 12.9 Å². The van der Waals surface area contributed by atoms with E-state index in [9.17, 15) is 14.4 Å². The van der Waals surface area contributed by atoms with Gasteiger partial charge >= 0.3 is 5.97 Å². The van der Waals surface area contributed by atoms with Crippen LogP contribution in [0, 0.1) is 0 Å². The van der Waals surface area contributed by atoms with Gasteiger partial charge in [-0.3, -0.25) is 14.5 Å². The molecule has 2 amide bonds. The number of fused-ring (bicyclic) bond motifs is 1. The number of carbonyl (C=O) groups excluding carboxylic acids is 3. The molecule has 0 aliphatic carbocycles. The van der Waals surface area contributed by atoms with Gasteiger partial charge in [-0.1, -0.05) is 41.9 Å². The number of methoxy groups -OCH3 is 1. The normalized spacial score (nSPS) is 19.9. The summed E-state index contributed by atoms with van der Waals surface area (Å²) >= 11 is 7.66. The van der Waals surface area contributed by atoms with Crippen LogP contribution < -0.4 is 10.1 Å². The van der Waals surface area contributed by atoms with Crippen LogP contribution in [0.3, 0.4) is 0 Å². The second-order valence-corrected chi connectivity index (χ2v) is 8.47. The lowest BCUT2D eigenvalue weighted by molar-refractivity contribution is -0.152. The molecule has 2 aliphatic heterocycles. The average Bonchev–Trinajstić information content (AvgIpc) is 2.81. The zero-order valence-electron chi connectivity index (χ0n) is 16.5. The summed E-state index contributed by atoms with van der Waals surface area (Å²) in [5, 5.41) is 2.59. The average molecular weight is 459 g/mol. The number of hydrogen-bond donors (Lipinski definition) is 1. The van der Waals surface area contributed by atoms with Gasteiger partial charge in [0.2, 0.25) is 0 Å². The lowest BCUT2D eigenvalue weighted by atomic mass is 10.0. The van der Waals surface area contributed by atoms with Gasteiger partial charge in [0.05, 0.1) is 12.1 Å². The lowest BCUT2D eigenvalue weighted by Crippen LogP contribution is -2.70. The Morgan fingerprint density at radius 1 is 1.16 bits per heavy atom. The van der Waals surface area contributed by atoms with Gasteiger partial charge in [-0.15, -0.1) is 11.8 Å². The SMILES string of the molecule is COc1ccc(COC(=O)C2=C(Cl)CS[C@H]3C(NC(=O)c4ccccc4)C(=O)N23)cc1. The number of β-lactam (4-membered cyclic amide) rings is 1. The highest BCUT2D eigenvalue weighted by Gasteiger charge is 2.54.